The molecule has 1 amide bonds. The van der Waals surface area contributed by atoms with E-state index in [9.17, 15) is 4.79 Å². The summed E-state index contributed by atoms with van der Waals surface area (Å²) in [6, 6.07) is 8.12. The molecule has 1 saturated heterocycles. The fourth-order valence-corrected chi connectivity index (χ4v) is 2.71. The Morgan fingerprint density at radius 2 is 1.95 bits per heavy atom. The highest BCUT2D eigenvalue weighted by atomic mass is 16.5. The Morgan fingerprint density at radius 3 is 2.57 bits per heavy atom. The van der Waals surface area contributed by atoms with Crippen molar-refractivity contribution in [1.29, 1.82) is 0 Å². The fraction of sp³-hybridized carbons (Fsp3) is 0.588. The number of amides is 1. The molecule has 0 aliphatic carbocycles. The molecule has 21 heavy (non-hydrogen) atoms. The van der Waals surface area contributed by atoms with E-state index < -0.39 is 0 Å². The Balaban J connectivity index is 1.63. The molecule has 1 heterocycles. The van der Waals surface area contributed by atoms with Crippen molar-refractivity contribution in [2.45, 2.75) is 25.7 Å². The van der Waals surface area contributed by atoms with Gasteiger partial charge in [0.05, 0.1) is 7.11 Å². The van der Waals surface area contributed by atoms with Gasteiger partial charge in [0.25, 0.3) is 0 Å². The van der Waals surface area contributed by atoms with Crippen molar-refractivity contribution in [2.75, 3.05) is 33.8 Å². The van der Waals surface area contributed by atoms with Crippen LogP contribution in [-0.2, 0) is 11.2 Å². The van der Waals surface area contributed by atoms with Gasteiger partial charge in [0, 0.05) is 12.5 Å². The third-order valence-corrected chi connectivity index (χ3v) is 4.19. The summed E-state index contributed by atoms with van der Waals surface area (Å²) in [7, 11) is 3.79. The zero-order chi connectivity index (χ0) is 15.1. The van der Waals surface area contributed by atoms with E-state index in [1.165, 1.54) is 5.56 Å². The number of carbonyl (C=O) groups excluding carboxylic acids is 1. The molecule has 1 aliphatic rings. The number of hydrogen-bond acceptors (Lipinski definition) is 3. The lowest BCUT2D eigenvalue weighted by molar-refractivity contribution is -0.126. The lowest BCUT2D eigenvalue weighted by Gasteiger charge is -2.28. The lowest BCUT2D eigenvalue weighted by Crippen LogP contribution is -2.39. The molecule has 0 saturated carbocycles. The monoisotopic (exact) mass is 290 g/mol. The fourth-order valence-electron chi connectivity index (χ4n) is 2.71. The van der Waals surface area contributed by atoms with Gasteiger partial charge in [0.2, 0.25) is 5.91 Å². The summed E-state index contributed by atoms with van der Waals surface area (Å²) >= 11 is 0. The van der Waals surface area contributed by atoms with Gasteiger partial charge in [0.15, 0.2) is 0 Å². The van der Waals surface area contributed by atoms with Crippen molar-refractivity contribution in [3.05, 3.63) is 29.8 Å². The maximum atomic E-state index is 12.1. The topological polar surface area (TPSA) is 41.6 Å². The van der Waals surface area contributed by atoms with E-state index in [0.29, 0.717) is 0 Å². The summed E-state index contributed by atoms with van der Waals surface area (Å²) < 4.78 is 5.14. The Hall–Kier alpha value is -1.55. The van der Waals surface area contributed by atoms with Crippen molar-refractivity contribution < 1.29 is 9.53 Å². The van der Waals surface area contributed by atoms with Gasteiger partial charge in [0.1, 0.15) is 5.75 Å². The molecule has 2 rings (SSSR count). The van der Waals surface area contributed by atoms with Crippen molar-refractivity contribution in [1.82, 2.24) is 10.2 Å². The zero-order valence-electron chi connectivity index (χ0n) is 13.1. The number of nitrogens with one attached hydrogen (secondary N) is 1. The van der Waals surface area contributed by atoms with Gasteiger partial charge in [-0.3, -0.25) is 4.79 Å². The van der Waals surface area contributed by atoms with E-state index in [-0.39, 0.29) is 11.8 Å². The summed E-state index contributed by atoms with van der Waals surface area (Å²) in [5.41, 5.74) is 1.28. The molecule has 1 fully saturated rings. The minimum absolute atomic E-state index is 0.210. The molecule has 1 aromatic rings. The molecule has 0 atom stereocenters. The minimum atomic E-state index is 0.210. The molecule has 4 heteroatoms. The van der Waals surface area contributed by atoms with Gasteiger partial charge >= 0.3 is 0 Å². The average molecular weight is 290 g/mol. The van der Waals surface area contributed by atoms with Crippen molar-refractivity contribution in [3.63, 3.8) is 0 Å². The first kappa shape index (κ1) is 15.8. The highest BCUT2D eigenvalue weighted by Gasteiger charge is 2.22. The van der Waals surface area contributed by atoms with E-state index in [4.69, 9.17) is 4.74 Å². The normalized spacial score (nSPS) is 16.7. The maximum Gasteiger partial charge on any atom is 0.223 e. The van der Waals surface area contributed by atoms with Gasteiger partial charge in [-0.15, -0.1) is 0 Å². The Bertz CT molecular complexity index is 437. The summed E-state index contributed by atoms with van der Waals surface area (Å²) in [6.45, 7) is 2.82. The largest absolute Gasteiger partial charge is 0.497 e. The van der Waals surface area contributed by atoms with Gasteiger partial charge in [-0.1, -0.05) is 12.1 Å². The van der Waals surface area contributed by atoms with Crippen LogP contribution in [0.15, 0.2) is 24.3 Å². The number of likely N-dealkylation sites (tertiary alicyclic amines) is 1. The lowest BCUT2D eigenvalue weighted by atomic mass is 9.96. The predicted molar refractivity (Wildman–Crippen MR) is 84.5 cm³/mol. The molecule has 1 aromatic carbocycles. The van der Waals surface area contributed by atoms with E-state index >= 15 is 0 Å². The second kappa shape index (κ2) is 8.03. The number of carbonyl (C=O) groups is 1. The van der Waals surface area contributed by atoms with Crippen LogP contribution in [0.5, 0.6) is 5.75 Å². The number of piperidine rings is 1. The van der Waals surface area contributed by atoms with Crippen molar-refractivity contribution >= 4 is 5.91 Å². The van der Waals surface area contributed by atoms with E-state index in [0.717, 1.165) is 51.1 Å². The van der Waals surface area contributed by atoms with E-state index in [2.05, 4.69) is 29.4 Å². The van der Waals surface area contributed by atoms with Crippen LogP contribution >= 0.6 is 0 Å². The maximum absolute atomic E-state index is 12.1. The van der Waals surface area contributed by atoms with Gasteiger partial charge in [-0.25, -0.2) is 0 Å². The highest BCUT2D eigenvalue weighted by Crippen LogP contribution is 2.16. The minimum Gasteiger partial charge on any atom is -0.497 e. The highest BCUT2D eigenvalue weighted by molar-refractivity contribution is 5.78. The molecule has 1 aliphatic heterocycles. The zero-order valence-corrected chi connectivity index (χ0v) is 13.1. The van der Waals surface area contributed by atoms with Gasteiger partial charge in [-0.05, 0) is 63.5 Å². The predicted octanol–water partition coefficient (Wildman–Crippen LogP) is 2.09. The third kappa shape index (κ3) is 5.05. The number of benzene rings is 1. The molecule has 1 N–H and O–H groups in total. The Morgan fingerprint density at radius 1 is 1.29 bits per heavy atom. The number of hydrogen-bond donors (Lipinski definition) is 1. The van der Waals surface area contributed by atoms with E-state index in [1.54, 1.807) is 7.11 Å². The Labute approximate surface area is 127 Å². The Kier molecular flexibility index (Phi) is 6.05. The van der Waals surface area contributed by atoms with Crippen LogP contribution in [-0.4, -0.2) is 44.6 Å². The third-order valence-electron chi connectivity index (χ3n) is 4.19. The number of aryl methyl sites for hydroxylation is 1. The standard InChI is InChI=1S/C17H26N2O2/c1-19-12-9-15(10-13-19)17(20)18-11-3-4-14-5-7-16(21-2)8-6-14/h5-8,15H,3-4,9-13H2,1-2H3,(H,18,20). The first-order valence-corrected chi connectivity index (χ1v) is 7.78. The SMILES string of the molecule is COc1ccc(CCCNC(=O)C2CCN(C)CC2)cc1. The van der Waals surface area contributed by atoms with Gasteiger partial charge in [-0.2, -0.15) is 0 Å². The van der Waals surface area contributed by atoms with Crippen LogP contribution in [0.3, 0.4) is 0 Å². The van der Waals surface area contributed by atoms with Crippen LogP contribution in [0.1, 0.15) is 24.8 Å². The molecule has 0 bridgehead atoms. The summed E-state index contributed by atoms with van der Waals surface area (Å²) in [5.74, 6) is 1.33. The number of methoxy groups -OCH3 is 1. The van der Waals surface area contributed by atoms with Gasteiger partial charge < -0.3 is 15.0 Å². The number of ether oxygens (including phenoxy) is 1. The van der Waals surface area contributed by atoms with Crippen LogP contribution in [0.25, 0.3) is 0 Å². The first-order valence-electron chi connectivity index (χ1n) is 7.78. The average Bonchev–Trinajstić information content (AvgIpc) is 2.52. The molecule has 0 radical (unpaired) electrons. The molecule has 4 nitrogen and oxygen atoms in total. The molecular weight excluding hydrogens is 264 g/mol. The molecular formula is C17H26N2O2. The van der Waals surface area contributed by atoms with Crippen LogP contribution in [0.2, 0.25) is 0 Å². The molecule has 0 unspecified atom stereocenters. The molecule has 0 spiro atoms. The quantitative estimate of drug-likeness (QED) is 0.816. The second-order valence-corrected chi connectivity index (χ2v) is 5.82. The number of rotatable bonds is 6. The van der Waals surface area contributed by atoms with Crippen LogP contribution in [0.4, 0.5) is 0 Å². The molecule has 116 valence electrons. The summed E-state index contributed by atoms with van der Waals surface area (Å²) in [6.07, 6.45) is 3.93. The van der Waals surface area contributed by atoms with E-state index in [1.807, 2.05) is 12.1 Å². The second-order valence-electron chi connectivity index (χ2n) is 5.82. The van der Waals surface area contributed by atoms with Crippen molar-refractivity contribution in [3.8, 4) is 5.75 Å². The number of nitrogens with zero attached hydrogens (tertiary/aromatic N) is 1. The molecule has 0 aromatic heterocycles. The van der Waals surface area contributed by atoms with Crippen LogP contribution < -0.4 is 10.1 Å². The van der Waals surface area contributed by atoms with Crippen molar-refractivity contribution in [2.24, 2.45) is 5.92 Å². The van der Waals surface area contributed by atoms with Crippen LogP contribution in [0, 0.1) is 5.92 Å². The summed E-state index contributed by atoms with van der Waals surface area (Å²) in [4.78, 5) is 14.3. The smallest absolute Gasteiger partial charge is 0.223 e. The first-order chi connectivity index (χ1) is 10.2. The summed E-state index contributed by atoms with van der Waals surface area (Å²) in [5, 5.41) is 3.08.